The first-order chi connectivity index (χ1) is 11.4. The van der Waals surface area contributed by atoms with Crippen molar-refractivity contribution in [3.63, 3.8) is 0 Å². The van der Waals surface area contributed by atoms with Crippen molar-refractivity contribution in [3.8, 4) is 0 Å². The number of nitrogens with one attached hydrogen (secondary N) is 1. The minimum Gasteiger partial charge on any atom is -0.479 e. The van der Waals surface area contributed by atoms with Crippen molar-refractivity contribution in [1.29, 1.82) is 0 Å². The van der Waals surface area contributed by atoms with E-state index in [4.69, 9.17) is 9.84 Å². The van der Waals surface area contributed by atoms with Crippen LogP contribution in [0.2, 0.25) is 0 Å². The van der Waals surface area contributed by atoms with E-state index in [9.17, 15) is 18.0 Å². The maximum Gasteiger partial charge on any atom is 0.334 e. The number of carbonyl (C=O) groups is 2. The van der Waals surface area contributed by atoms with Gasteiger partial charge in [-0.05, 0) is 37.1 Å². The predicted molar refractivity (Wildman–Crippen MR) is 86.6 cm³/mol. The van der Waals surface area contributed by atoms with Gasteiger partial charge in [0.2, 0.25) is 0 Å². The topological polar surface area (TPSA) is 110 Å². The third kappa shape index (κ3) is 4.12. The average molecular weight is 355 g/mol. The smallest absolute Gasteiger partial charge is 0.334 e. The Balaban J connectivity index is 2.03. The van der Waals surface area contributed by atoms with Gasteiger partial charge >= 0.3 is 5.97 Å². The average Bonchev–Trinajstić information content (AvgIpc) is 3.10. The number of ether oxygens (including phenoxy) is 1. The zero-order chi connectivity index (χ0) is 17.7. The molecule has 2 rings (SSSR count). The third-order valence-corrected chi connectivity index (χ3v) is 6.47. The normalized spacial score (nSPS) is 16.7. The van der Waals surface area contributed by atoms with E-state index in [1.54, 1.807) is 0 Å². The number of hydrogen-bond donors (Lipinski definition) is 2. The molecule has 0 spiro atoms. The van der Waals surface area contributed by atoms with Gasteiger partial charge in [-0.25, -0.2) is 13.2 Å². The molecule has 0 aromatic heterocycles. The van der Waals surface area contributed by atoms with Crippen LogP contribution in [0.3, 0.4) is 0 Å². The first kappa shape index (κ1) is 18.4. The van der Waals surface area contributed by atoms with Crippen molar-refractivity contribution < 1.29 is 27.9 Å². The number of carbonyl (C=O) groups excluding carboxylic acids is 1. The molecule has 0 radical (unpaired) electrons. The van der Waals surface area contributed by atoms with Gasteiger partial charge in [0.15, 0.2) is 15.9 Å². The molecule has 1 amide bonds. The van der Waals surface area contributed by atoms with Crippen molar-refractivity contribution >= 4 is 21.7 Å². The molecule has 1 aromatic rings. The van der Waals surface area contributed by atoms with Crippen molar-refractivity contribution in [2.45, 2.75) is 41.9 Å². The lowest BCUT2D eigenvalue weighted by Gasteiger charge is -2.13. The maximum atomic E-state index is 12.5. The molecular weight excluding hydrogens is 334 g/mol. The van der Waals surface area contributed by atoms with Gasteiger partial charge in [-0.1, -0.05) is 12.8 Å². The summed E-state index contributed by atoms with van der Waals surface area (Å²) in [5.74, 6) is -1.65. The second-order valence-corrected chi connectivity index (χ2v) is 7.98. The van der Waals surface area contributed by atoms with Gasteiger partial charge in [-0.3, -0.25) is 4.79 Å². The van der Waals surface area contributed by atoms with E-state index in [1.807, 2.05) is 0 Å². The van der Waals surface area contributed by atoms with E-state index in [0.29, 0.717) is 12.8 Å². The van der Waals surface area contributed by atoms with Crippen LogP contribution in [0.4, 0.5) is 0 Å². The number of amides is 1. The molecule has 2 N–H and O–H groups in total. The van der Waals surface area contributed by atoms with Gasteiger partial charge in [0.1, 0.15) is 0 Å². The molecule has 132 valence electrons. The monoisotopic (exact) mass is 355 g/mol. The van der Waals surface area contributed by atoms with E-state index < -0.39 is 27.8 Å². The molecule has 1 atom stereocenters. The van der Waals surface area contributed by atoms with Crippen LogP contribution >= 0.6 is 0 Å². The largest absolute Gasteiger partial charge is 0.479 e. The fourth-order valence-electron chi connectivity index (χ4n) is 2.75. The highest BCUT2D eigenvalue weighted by molar-refractivity contribution is 7.92. The number of hydrogen-bond acceptors (Lipinski definition) is 5. The van der Waals surface area contributed by atoms with Crippen molar-refractivity contribution in [2.24, 2.45) is 0 Å². The molecule has 0 bridgehead atoms. The van der Waals surface area contributed by atoms with E-state index in [-0.39, 0.29) is 22.3 Å². The molecule has 0 heterocycles. The summed E-state index contributed by atoms with van der Waals surface area (Å²) in [6, 6.07) is 5.71. The summed E-state index contributed by atoms with van der Waals surface area (Å²) in [7, 11) is -2.11. The van der Waals surface area contributed by atoms with Gasteiger partial charge in [0.25, 0.3) is 5.91 Å². The maximum absolute atomic E-state index is 12.5. The Kier molecular flexibility index (Phi) is 5.95. The minimum absolute atomic E-state index is 0.174. The van der Waals surface area contributed by atoms with Crippen LogP contribution in [0.15, 0.2) is 29.2 Å². The molecular formula is C16H21NO6S. The number of aliphatic carboxylic acids is 1. The SMILES string of the molecule is COC(CNC(=O)c1ccc(S(=O)(=O)C2CCCC2)cc1)C(=O)O. The summed E-state index contributed by atoms with van der Waals surface area (Å²) in [6.07, 6.45) is 2.08. The Labute approximate surface area is 140 Å². The lowest BCUT2D eigenvalue weighted by Crippen LogP contribution is -2.37. The minimum atomic E-state index is -3.35. The summed E-state index contributed by atoms with van der Waals surface area (Å²) in [5, 5.41) is 11.0. The Morgan fingerprint density at radius 3 is 2.33 bits per heavy atom. The Morgan fingerprint density at radius 2 is 1.83 bits per heavy atom. The number of carboxylic acids is 1. The standard InChI is InChI=1S/C16H21NO6S/c1-23-14(16(19)20)10-17-15(18)11-6-8-13(9-7-11)24(21,22)12-4-2-3-5-12/h6-9,12,14H,2-5,10H2,1H3,(H,17,18)(H,19,20). The molecule has 1 aliphatic carbocycles. The van der Waals surface area contributed by atoms with E-state index in [1.165, 1.54) is 31.4 Å². The first-order valence-electron chi connectivity index (χ1n) is 7.74. The van der Waals surface area contributed by atoms with E-state index in [2.05, 4.69) is 5.32 Å². The van der Waals surface area contributed by atoms with Crippen LogP contribution in [-0.4, -0.2) is 50.4 Å². The number of methoxy groups -OCH3 is 1. The second kappa shape index (κ2) is 7.76. The van der Waals surface area contributed by atoms with E-state index in [0.717, 1.165) is 12.8 Å². The highest BCUT2D eigenvalue weighted by Gasteiger charge is 2.30. The lowest BCUT2D eigenvalue weighted by atomic mass is 10.2. The summed E-state index contributed by atoms with van der Waals surface area (Å²) in [6.45, 7) is -0.174. The molecule has 1 fully saturated rings. The van der Waals surface area contributed by atoms with Crippen LogP contribution in [0.5, 0.6) is 0 Å². The van der Waals surface area contributed by atoms with Crippen molar-refractivity contribution in [3.05, 3.63) is 29.8 Å². The summed E-state index contributed by atoms with van der Waals surface area (Å²) in [5.41, 5.74) is 0.264. The number of rotatable bonds is 7. The molecule has 1 aliphatic rings. The van der Waals surface area contributed by atoms with Gasteiger partial charge in [-0.15, -0.1) is 0 Å². The van der Waals surface area contributed by atoms with Crippen molar-refractivity contribution in [2.75, 3.05) is 13.7 Å². The zero-order valence-electron chi connectivity index (χ0n) is 13.4. The van der Waals surface area contributed by atoms with Gasteiger partial charge in [0, 0.05) is 12.7 Å². The molecule has 1 aromatic carbocycles. The summed E-state index contributed by atoms with van der Waals surface area (Å²) >= 11 is 0. The fourth-order valence-corrected chi connectivity index (χ4v) is 4.60. The van der Waals surface area contributed by atoms with Crippen LogP contribution in [0, 0.1) is 0 Å². The Hall–Kier alpha value is -1.93. The van der Waals surface area contributed by atoms with Gasteiger partial charge < -0.3 is 15.2 Å². The fraction of sp³-hybridized carbons (Fsp3) is 0.500. The number of benzene rings is 1. The predicted octanol–water partition coefficient (Wildman–Crippen LogP) is 1.23. The van der Waals surface area contributed by atoms with Crippen LogP contribution in [-0.2, 0) is 19.4 Å². The highest BCUT2D eigenvalue weighted by atomic mass is 32.2. The van der Waals surface area contributed by atoms with E-state index >= 15 is 0 Å². The molecule has 0 saturated heterocycles. The first-order valence-corrected chi connectivity index (χ1v) is 9.28. The molecule has 7 nitrogen and oxygen atoms in total. The Morgan fingerprint density at radius 1 is 1.25 bits per heavy atom. The summed E-state index contributed by atoms with van der Waals surface area (Å²) < 4.78 is 29.6. The molecule has 1 saturated carbocycles. The second-order valence-electron chi connectivity index (χ2n) is 5.75. The molecule has 24 heavy (non-hydrogen) atoms. The Bertz CT molecular complexity index is 692. The number of carboxylic acid groups (broad SMARTS) is 1. The third-order valence-electron chi connectivity index (χ3n) is 4.19. The lowest BCUT2D eigenvalue weighted by molar-refractivity contribution is -0.148. The van der Waals surface area contributed by atoms with Gasteiger partial charge in [0.05, 0.1) is 16.7 Å². The van der Waals surface area contributed by atoms with Crippen LogP contribution in [0.1, 0.15) is 36.0 Å². The summed E-state index contributed by atoms with van der Waals surface area (Å²) in [4.78, 5) is 23.0. The van der Waals surface area contributed by atoms with Crippen LogP contribution < -0.4 is 5.32 Å². The molecule has 8 heteroatoms. The molecule has 1 unspecified atom stereocenters. The number of sulfone groups is 1. The highest BCUT2D eigenvalue weighted by Crippen LogP contribution is 2.29. The zero-order valence-corrected chi connectivity index (χ0v) is 14.2. The molecule has 0 aliphatic heterocycles. The van der Waals surface area contributed by atoms with Crippen LogP contribution in [0.25, 0.3) is 0 Å². The van der Waals surface area contributed by atoms with Crippen molar-refractivity contribution in [1.82, 2.24) is 5.32 Å². The van der Waals surface area contributed by atoms with Gasteiger partial charge in [-0.2, -0.15) is 0 Å². The quantitative estimate of drug-likeness (QED) is 0.761.